The molecule has 0 aromatic carbocycles. The van der Waals surface area contributed by atoms with E-state index in [0.29, 0.717) is 38.3 Å². The number of nitrogens with zero attached hydrogens (tertiary/aromatic N) is 4. The third-order valence-electron chi connectivity index (χ3n) is 5.34. The van der Waals surface area contributed by atoms with Gasteiger partial charge < -0.3 is 26.0 Å². The summed E-state index contributed by atoms with van der Waals surface area (Å²) < 4.78 is 43.7. The second-order valence-corrected chi connectivity index (χ2v) is 7.70. The molecule has 0 aliphatic carbocycles. The van der Waals surface area contributed by atoms with Gasteiger partial charge in [-0.2, -0.15) is 13.2 Å². The van der Waals surface area contributed by atoms with Crippen LogP contribution in [0.2, 0.25) is 0 Å². The van der Waals surface area contributed by atoms with Crippen molar-refractivity contribution < 1.29 is 27.5 Å². The summed E-state index contributed by atoms with van der Waals surface area (Å²) in [7, 11) is 0. The van der Waals surface area contributed by atoms with Crippen LogP contribution in [0.1, 0.15) is 25.3 Å². The molecule has 1 aromatic rings. The van der Waals surface area contributed by atoms with Crippen molar-refractivity contribution in [1.82, 2.24) is 14.9 Å². The summed E-state index contributed by atoms with van der Waals surface area (Å²) in [4.78, 5) is 35.6. The molecule has 2 amide bonds. The molecule has 2 aliphatic heterocycles. The highest BCUT2D eigenvalue weighted by atomic mass is 35.5. The maximum Gasteiger partial charge on any atom is 0.419 e. The number of piperidine rings is 1. The van der Waals surface area contributed by atoms with Gasteiger partial charge in [-0.05, 0) is 13.3 Å². The number of anilines is 1. The Morgan fingerprint density at radius 3 is 2.48 bits per heavy atom. The Kier molecular flexibility index (Phi) is 8.06. The third kappa shape index (κ3) is 5.74. The van der Waals surface area contributed by atoms with Gasteiger partial charge in [-0.1, -0.05) is 0 Å². The predicted molar refractivity (Wildman–Crippen MR) is 107 cm³/mol. The number of amides is 2. The van der Waals surface area contributed by atoms with Crippen molar-refractivity contribution in [2.45, 2.75) is 44.1 Å². The van der Waals surface area contributed by atoms with E-state index in [1.807, 2.05) is 0 Å². The molecule has 3 heterocycles. The molecule has 4 atom stereocenters. The molecule has 0 bridgehead atoms. The van der Waals surface area contributed by atoms with Gasteiger partial charge in [0.15, 0.2) is 0 Å². The lowest BCUT2D eigenvalue weighted by Gasteiger charge is -2.41. The van der Waals surface area contributed by atoms with Gasteiger partial charge in [0, 0.05) is 50.5 Å². The van der Waals surface area contributed by atoms with Gasteiger partial charge in [-0.3, -0.25) is 9.59 Å². The Bertz CT molecular complexity index is 780. The van der Waals surface area contributed by atoms with Crippen molar-refractivity contribution in [1.29, 1.82) is 0 Å². The van der Waals surface area contributed by atoms with E-state index in [0.717, 1.165) is 0 Å². The number of ether oxygens (including phenoxy) is 1. The molecule has 13 heteroatoms. The van der Waals surface area contributed by atoms with E-state index < -0.39 is 35.7 Å². The van der Waals surface area contributed by atoms with Crippen LogP contribution in [0.5, 0.6) is 0 Å². The number of primary amides is 1. The second kappa shape index (κ2) is 9.96. The lowest BCUT2D eigenvalue weighted by atomic mass is 9.90. The molecule has 2 saturated heterocycles. The molecule has 0 spiro atoms. The van der Waals surface area contributed by atoms with E-state index in [2.05, 4.69) is 9.97 Å². The number of alkyl halides is 3. The summed E-state index contributed by atoms with van der Waals surface area (Å²) in [6.07, 6.45) is -2.81. The first-order valence-electron chi connectivity index (χ1n) is 9.69. The fraction of sp³-hybridized carbons (Fsp3) is 0.667. The molecule has 4 N–H and O–H groups in total. The number of carbonyl (C=O) groups excluding carboxylic acids is 2. The van der Waals surface area contributed by atoms with Gasteiger partial charge in [0.1, 0.15) is 6.10 Å². The maximum atomic E-state index is 12.7. The standard InChI is InChI=1S/C18H25F3N6O3.ClH/c1-10(22)9-30-14-3-5-27(16(14)29)13-2-4-26(8-12(13)15(23)28)17-24-6-11(7-25-17)18(19,20)21;/h6-7,10,12-14H,2-5,8-9,22H2,1H3,(H2,23,28);1H/t10-,12?,13?,14+;/m0./s1. The zero-order chi connectivity index (χ0) is 22.1. The topological polar surface area (TPSA) is 128 Å². The highest BCUT2D eigenvalue weighted by molar-refractivity contribution is 5.85. The lowest BCUT2D eigenvalue weighted by molar-refractivity contribution is -0.142. The number of likely N-dealkylation sites (tertiary alicyclic amines) is 1. The molecule has 9 nitrogen and oxygen atoms in total. The van der Waals surface area contributed by atoms with Crippen molar-refractivity contribution >= 4 is 30.2 Å². The minimum atomic E-state index is -4.53. The normalized spacial score (nSPS) is 25.3. The van der Waals surface area contributed by atoms with Crippen LogP contribution in [0.4, 0.5) is 19.1 Å². The van der Waals surface area contributed by atoms with Crippen LogP contribution < -0.4 is 16.4 Å². The Labute approximate surface area is 183 Å². The smallest absolute Gasteiger partial charge is 0.369 e. The molecule has 2 unspecified atom stereocenters. The Balaban J connectivity index is 0.00000341. The summed E-state index contributed by atoms with van der Waals surface area (Å²) in [5.41, 5.74) is 10.3. The Hall–Kier alpha value is -2.18. The SMILES string of the molecule is C[C@H](N)CO[C@@H]1CCN(C2CCN(c3ncc(C(F)(F)F)cn3)CC2C(N)=O)C1=O.Cl. The molecular weight excluding hydrogens is 441 g/mol. The van der Waals surface area contributed by atoms with Crippen molar-refractivity contribution in [2.24, 2.45) is 17.4 Å². The van der Waals surface area contributed by atoms with Gasteiger partial charge in [-0.15, -0.1) is 12.4 Å². The minimum absolute atomic E-state index is 0. The average molecular weight is 467 g/mol. The van der Waals surface area contributed by atoms with Crippen LogP contribution >= 0.6 is 12.4 Å². The van der Waals surface area contributed by atoms with E-state index in [1.54, 1.807) is 16.7 Å². The molecule has 0 saturated carbocycles. The average Bonchev–Trinajstić information content (AvgIpc) is 3.05. The number of aromatic nitrogens is 2. The number of hydrogen-bond donors (Lipinski definition) is 2. The number of halogens is 4. The zero-order valence-electron chi connectivity index (χ0n) is 16.9. The van der Waals surface area contributed by atoms with E-state index in [1.165, 1.54) is 0 Å². The summed E-state index contributed by atoms with van der Waals surface area (Å²) >= 11 is 0. The number of carbonyl (C=O) groups is 2. The first-order chi connectivity index (χ1) is 14.1. The van der Waals surface area contributed by atoms with Crippen molar-refractivity contribution in [3.05, 3.63) is 18.0 Å². The summed E-state index contributed by atoms with van der Waals surface area (Å²) in [6.45, 7) is 2.95. The highest BCUT2D eigenvalue weighted by Crippen LogP contribution is 2.31. The Morgan fingerprint density at radius 1 is 1.29 bits per heavy atom. The predicted octanol–water partition coefficient (Wildman–Crippen LogP) is 0.562. The number of hydrogen-bond acceptors (Lipinski definition) is 7. The van der Waals surface area contributed by atoms with E-state index in [4.69, 9.17) is 16.2 Å². The molecule has 2 fully saturated rings. The summed E-state index contributed by atoms with van der Waals surface area (Å²) in [5.74, 6) is -1.42. The second-order valence-electron chi connectivity index (χ2n) is 7.70. The summed E-state index contributed by atoms with van der Waals surface area (Å²) in [6, 6.07) is -0.609. The highest BCUT2D eigenvalue weighted by Gasteiger charge is 2.44. The minimum Gasteiger partial charge on any atom is -0.369 e. The fourth-order valence-electron chi connectivity index (χ4n) is 3.83. The zero-order valence-corrected chi connectivity index (χ0v) is 17.7. The monoisotopic (exact) mass is 466 g/mol. The lowest BCUT2D eigenvalue weighted by Crippen LogP contribution is -2.56. The van der Waals surface area contributed by atoms with Crippen LogP contribution in [0.3, 0.4) is 0 Å². The third-order valence-corrected chi connectivity index (χ3v) is 5.34. The molecule has 31 heavy (non-hydrogen) atoms. The van der Waals surface area contributed by atoms with E-state index >= 15 is 0 Å². The van der Waals surface area contributed by atoms with Crippen LogP contribution in [0.25, 0.3) is 0 Å². The molecule has 2 aliphatic rings. The molecule has 174 valence electrons. The molecular formula is C18H26ClF3N6O3. The number of rotatable bonds is 6. The van der Waals surface area contributed by atoms with Crippen LogP contribution in [-0.4, -0.2) is 71.1 Å². The van der Waals surface area contributed by atoms with Crippen LogP contribution in [-0.2, 0) is 20.5 Å². The van der Waals surface area contributed by atoms with Crippen molar-refractivity contribution in [3.63, 3.8) is 0 Å². The van der Waals surface area contributed by atoms with Crippen LogP contribution in [0.15, 0.2) is 12.4 Å². The largest absolute Gasteiger partial charge is 0.419 e. The molecule has 0 radical (unpaired) electrons. The van der Waals surface area contributed by atoms with Crippen LogP contribution in [0, 0.1) is 5.92 Å². The van der Waals surface area contributed by atoms with Gasteiger partial charge in [-0.25, -0.2) is 9.97 Å². The summed E-state index contributed by atoms with van der Waals surface area (Å²) in [5, 5.41) is 0. The first-order valence-corrected chi connectivity index (χ1v) is 9.69. The molecule has 3 rings (SSSR count). The van der Waals surface area contributed by atoms with E-state index in [9.17, 15) is 22.8 Å². The number of nitrogens with two attached hydrogens (primary N) is 2. The van der Waals surface area contributed by atoms with Crippen molar-refractivity contribution in [2.75, 3.05) is 31.1 Å². The van der Waals surface area contributed by atoms with E-state index in [-0.39, 0.29) is 43.5 Å². The van der Waals surface area contributed by atoms with Gasteiger partial charge in [0.25, 0.3) is 5.91 Å². The quantitative estimate of drug-likeness (QED) is 0.627. The van der Waals surface area contributed by atoms with Gasteiger partial charge in [0.2, 0.25) is 11.9 Å². The van der Waals surface area contributed by atoms with Gasteiger partial charge in [0.05, 0.1) is 18.1 Å². The molecule has 1 aromatic heterocycles. The Morgan fingerprint density at radius 2 is 1.94 bits per heavy atom. The fourth-order valence-corrected chi connectivity index (χ4v) is 3.83. The maximum absolute atomic E-state index is 12.7. The van der Waals surface area contributed by atoms with Gasteiger partial charge >= 0.3 is 6.18 Å². The first kappa shape index (κ1) is 25.1. The van der Waals surface area contributed by atoms with Crippen molar-refractivity contribution in [3.8, 4) is 0 Å².